The molecule has 1 saturated heterocycles. The molecule has 1 aromatic carbocycles. The lowest BCUT2D eigenvalue weighted by Gasteiger charge is -2.09. The van der Waals surface area contributed by atoms with Crippen LogP contribution in [-0.2, 0) is 17.8 Å². The Hall–Kier alpha value is -3.14. The number of carbonyl (C=O) groups excluding carboxylic acids is 1. The van der Waals surface area contributed by atoms with E-state index in [0.29, 0.717) is 13.2 Å². The second kappa shape index (κ2) is 7.23. The van der Waals surface area contributed by atoms with Crippen LogP contribution in [0.4, 0.5) is 4.39 Å². The van der Waals surface area contributed by atoms with Crippen LogP contribution >= 0.6 is 0 Å². The molecular formula is C17H17FN6O3. The van der Waals surface area contributed by atoms with Crippen molar-refractivity contribution in [3.8, 4) is 0 Å². The molecule has 1 aliphatic rings. The number of amides is 1. The summed E-state index contributed by atoms with van der Waals surface area (Å²) in [5.74, 6) is -1.04. The fraction of sp³-hybridized carbons (Fsp3) is 0.353. The average Bonchev–Trinajstić information content (AvgIpc) is 3.32. The maximum absolute atomic E-state index is 12.9. The van der Waals surface area contributed by atoms with Crippen LogP contribution in [0.25, 0.3) is 11.2 Å². The molecular weight excluding hydrogens is 355 g/mol. The van der Waals surface area contributed by atoms with Crippen LogP contribution in [0.2, 0.25) is 0 Å². The molecule has 4 rings (SSSR count). The van der Waals surface area contributed by atoms with E-state index in [2.05, 4.69) is 25.6 Å². The van der Waals surface area contributed by atoms with Crippen molar-refractivity contribution in [2.75, 3.05) is 6.61 Å². The molecule has 2 N–H and O–H groups in total. The number of H-pyrrole nitrogens is 1. The van der Waals surface area contributed by atoms with Gasteiger partial charge in [-0.25, -0.2) is 14.1 Å². The molecule has 140 valence electrons. The normalized spacial score (nSPS) is 16.7. The molecule has 3 heterocycles. The Morgan fingerprint density at radius 1 is 1.37 bits per heavy atom. The molecule has 0 saturated carbocycles. The van der Waals surface area contributed by atoms with Gasteiger partial charge in [-0.1, -0.05) is 17.3 Å². The number of hydrogen-bond donors (Lipinski definition) is 2. The number of carbonyl (C=O) groups is 1. The standard InChI is InChI=1S/C17H17FN6O3/c18-11-5-3-10(4-6-11)8-19-17(26)14-20-15-13(16(25)21-14)22-23-24(15)9-12-2-1-7-27-12/h3-6,12H,1-2,7-9H2,(H,19,26)(H,20,21,25). The van der Waals surface area contributed by atoms with Crippen LogP contribution in [0, 0.1) is 5.82 Å². The maximum Gasteiger partial charge on any atom is 0.287 e. The van der Waals surface area contributed by atoms with E-state index in [0.717, 1.165) is 18.4 Å². The van der Waals surface area contributed by atoms with Crippen LogP contribution in [0.3, 0.4) is 0 Å². The molecule has 0 bridgehead atoms. The second-order valence-electron chi connectivity index (χ2n) is 6.30. The van der Waals surface area contributed by atoms with E-state index in [4.69, 9.17) is 4.74 Å². The maximum atomic E-state index is 12.9. The predicted molar refractivity (Wildman–Crippen MR) is 92.5 cm³/mol. The number of nitrogens with zero attached hydrogens (tertiary/aromatic N) is 4. The van der Waals surface area contributed by atoms with Crippen LogP contribution < -0.4 is 10.9 Å². The molecule has 10 heteroatoms. The number of aromatic nitrogens is 5. The molecule has 1 unspecified atom stereocenters. The number of aromatic amines is 1. The molecule has 1 aliphatic heterocycles. The van der Waals surface area contributed by atoms with E-state index < -0.39 is 11.5 Å². The highest BCUT2D eigenvalue weighted by Crippen LogP contribution is 2.15. The van der Waals surface area contributed by atoms with E-state index in [1.165, 1.54) is 16.8 Å². The van der Waals surface area contributed by atoms with Crippen molar-refractivity contribution < 1.29 is 13.9 Å². The molecule has 0 radical (unpaired) electrons. The Balaban J connectivity index is 1.54. The van der Waals surface area contributed by atoms with Gasteiger partial charge in [0.25, 0.3) is 11.5 Å². The lowest BCUT2D eigenvalue weighted by Crippen LogP contribution is -2.28. The van der Waals surface area contributed by atoms with Crippen molar-refractivity contribution >= 4 is 17.1 Å². The predicted octanol–water partition coefficient (Wildman–Crippen LogP) is 0.763. The van der Waals surface area contributed by atoms with Crippen LogP contribution in [0.1, 0.15) is 29.0 Å². The van der Waals surface area contributed by atoms with Gasteiger partial charge in [0.05, 0.1) is 12.6 Å². The number of hydrogen-bond acceptors (Lipinski definition) is 6. The fourth-order valence-corrected chi connectivity index (χ4v) is 2.95. The number of ether oxygens (including phenoxy) is 1. The highest BCUT2D eigenvalue weighted by atomic mass is 19.1. The fourth-order valence-electron chi connectivity index (χ4n) is 2.95. The first kappa shape index (κ1) is 17.3. The zero-order valence-corrected chi connectivity index (χ0v) is 14.3. The minimum Gasteiger partial charge on any atom is -0.376 e. The van der Waals surface area contributed by atoms with Crippen molar-refractivity contribution in [2.45, 2.75) is 32.0 Å². The Bertz CT molecular complexity index is 1020. The minimum absolute atomic E-state index is 0.00765. The van der Waals surface area contributed by atoms with E-state index >= 15 is 0 Å². The number of rotatable bonds is 5. The molecule has 1 amide bonds. The second-order valence-corrected chi connectivity index (χ2v) is 6.30. The van der Waals surface area contributed by atoms with Gasteiger partial charge in [0.1, 0.15) is 5.82 Å². The summed E-state index contributed by atoms with van der Waals surface area (Å²) in [6, 6.07) is 5.75. The van der Waals surface area contributed by atoms with E-state index in [-0.39, 0.29) is 35.5 Å². The van der Waals surface area contributed by atoms with Gasteiger partial charge in [-0.05, 0) is 30.5 Å². The van der Waals surface area contributed by atoms with E-state index in [1.807, 2.05) is 0 Å². The third kappa shape index (κ3) is 3.70. The summed E-state index contributed by atoms with van der Waals surface area (Å²) < 4.78 is 20.0. The van der Waals surface area contributed by atoms with Gasteiger partial charge in [-0.3, -0.25) is 9.59 Å². The molecule has 27 heavy (non-hydrogen) atoms. The van der Waals surface area contributed by atoms with Gasteiger partial charge < -0.3 is 15.0 Å². The quantitative estimate of drug-likeness (QED) is 0.683. The summed E-state index contributed by atoms with van der Waals surface area (Å²) in [7, 11) is 0. The Morgan fingerprint density at radius 2 is 2.19 bits per heavy atom. The third-order valence-corrected chi connectivity index (χ3v) is 4.36. The van der Waals surface area contributed by atoms with Crippen molar-refractivity contribution in [1.29, 1.82) is 0 Å². The summed E-state index contributed by atoms with van der Waals surface area (Å²) in [5, 5.41) is 10.4. The minimum atomic E-state index is -0.553. The van der Waals surface area contributed by atoms with Gasteiger partial charge in [0.15, 0.2) is 11.2 Å². The Kier molecular flexibility index (Phi) is 4.63. The Morgan fingerprint density at radius 3 is 2.93 bits per heavy atom. The van der Waals surface area contributed by atoms with Crippen LogP contribution in [0.15, 0.2) is 29.1 Å². The van der Waals surface area contributed by atoms with Gasteiger partial charge in [0, 0.05) is 13.2 Å². The van der Waals surface area contributed by atoms with E-state index in [9.17, 15) is 14.0 Å². The number of nitrogens with one attached hydrogen (secondary N) is 2. The highest BCUT2D eigenvalue weighted by Gasteiger charge is 2.21. The summed E-state index contributed by atoms with van der Waals surface area (Å²) in [6.45, 7) is 1.29. The molecule has 0 spiro atoms. The molecule has 1 fully saturated rings. The smallest absolute Gasteiger partial charge is 0.287 e. The first-order chi connectivity index (χ1) is 13.1. The zero-order chi connectivity index (χ0) is 18.8. The zero-order valence-electron chi connectivity index (χ0n) is 14.3. The average molecular weight is 372 g/mol. The molecule has 2 aromatic heterocycles. The SMILES string of the molecule is O=C(NCc1ccc(F)cc1)c1nc2c(nnn2CC2CCCO2)c(=O)[nH]1. The van der Waals surface area contributed by atoms with Gasteiger partial charge >= 0.3 is 0 Å². The topological polar surface area (TPSA) is 115 Å². The number of benzene rings is 1. The summed E-state index contributed by atoms with van der Waals surface area (Å²) in [5.41, 5.74) is 0.494. The third-order valence-electron chi connectivity index (χ3n) is 4.36. The lowest BCUT2D eigenvalue weighted by molar-refractivity contribution is 0.0938. The highest BCUT2D eigenvalue weighted by molar-refractivity contribution is 5.91. The van der Waals surface area contributed by atoms with Crippen molar-refractivity contribution in [1.82, 2.24) is 30.3 Å². The molecule has 0 aliphatic carbocycles. The first-order valence-corrected chi connectivity index (χ1v) is 8.58. The molecule has 1 atom stereocenters. The first-order valence-electron chi connectivity index (χ1n) is 8.58. The summed E-state index contributed by atoms with van der Waals surface area (Å²) in [6.07, 6.45) is 1.87. The van der Waals surface area contributed by atoms with Crippen LogP contribution in [-0.4, -0.2) is 43.6 Å². The lowest BCUT2D eigenvalue weighted by atomic mass is 10.2. The number of halogens is 1. The van der Waals surface area contributed by atoms with E-state index in [1.54, 1.807) is 12.1 Å². The van der Waals surface area contributed by atoms with Gasteiger partial charge in [-0.15, -0.1) is 5.10 Å². The van der Waals surface area contributed by atoms with Gasteiger partial charge in [0.2, 0.25) is 5.82 Å². The monoisotopic (exact) mass is 372 g/mol. The van der Waals surface area contributed by atoms with Crippen LogP contribution in [0.5, 0.6) is 0 Å². The number of fused-ring (bicyclic) bond motifs is 1. The summed E-state index contributed by atoms with van der Waals surface area (Å²) in [4.78, 5) is 31.2. The molecule has 3 aromatic rings. The van der Waals surface area contributed by atoms with Gasteiger partial charge in [-0.2, -0.15) is 0 Å². The Labute approximate surface area is 152 Å². The largest absolute Gasteiger partial charge is 0.376 e. The van der Waals surface area contributed by atoms with Crippen molar-refractivity contribution in [3.05, 3.63) is 51.8 Å². The van der Waals surface area contributed by atoms with Crippen molar-refractivity contribution in [2.24, 2.45) is 0 Å². The molecule has 9 nitrogen and oxygen atoms in total. The summed E-state index contributed by atoms with van der Waals surface area (Å²) >= 11 is 0. The van der Waals surface area contributed by atoms with Crippen molar-refractivity contribution in [3.63, 3.8) is 0 Å².